The number of halogens is 1. The van der Waals surface area contributed by atoms with Crippen LogP contribution in [0.4, 0.5) is 10.2 Å². The Hall–Kier alpha value is -2.70. The van der Waals surface area contributed by atoms with Gasteiger partial charge in [-0.05, 0) is 24.6 Å². The highest BCUT2D eigenvalue weighted by molar-refractivity contribution is 5.60. The third-order valence-corrected chi connectivity index (χ3v) is 2.69. The summed E-state index contributed by atoms with van der Waals surface area (Å²) in [5, 5.41) is 0. The van der Waals surface area contributed by atoms with Crippen LogP contribution in [-0.4, -0.2) is 34.9 Å². The summed E-state index contributed by atoms with van der Waals surface area (Å²) in [5.74, 6) is -0.509. The van der Waals surface area contributed by atoms with Gasteiger partial charge in [0.25, 0.3) is 5.56 Å². The van der Waals surface area contributed by atoms with Crippen molar-refractivity contribution in [3.8, 4) is 5.69 Å². The highest BCUT2D eigenvalue weighted by Gasteiger charge is 2.12. The lowest BCUT2D eigenvalue weighted by Gasteiger charge is -2.11. The van der Waals surface area contributed by atoms with Crippen molar-refractivity contribution < 1.29 is 4.39 Å². The summed E-state index contributed by atoms with van der Waals surface area (Å²) in [5.41, 5.74) is -0.564. The number of hydrogen-bond acceptors (Lipinski definition) is 3. The number of hydrogen-bond donors (Lipinski definition) is 1. The van der Waals surface area contributed by atoms with E-state index < -0.39 is 17.1 Å². The van der Waals surface area contributed by atoms with Crippen molar-refractivity contribution in [2.45, 2.75) is 6.92 Å². The number of nitrogens with zero attached hydrogens (tertiary/aromatic N) is 3. The number of aromatic nitrogens is 2. The van der Waals surface area contributed by atoms with Gasteiger partial charge in [-0.2, -0.15) is 0 Å². The first-order chi connectivity index (χ1) is 9.88. The topological polar surface area (TPSA) is 70.5 Å². The summed E-state index contributed by atoms with van der Waals surface area (Å²) in [6.07, 6.45) is 1.43. The van der Waals surface area contributed by atoms with E-state index in [0.29, 0.717) is 0 Å². The van der Waals surface area contributed by atoms with Crippen LogP contribution in [0.2, 0.25) is 0 Å². The molecule has 0 bridgehead atoms. The average molecular weight is 290 g/mol. The van der Waals surface area contributed by atoms with Crippen molar-refractivity contribution in [2.24, 2.45) is 4.99 Å². The van der Waals surface area contributed by atoms with Gasteiger partial charge in [0.1, 0.15) is 11.6 Å². The summed E-state index contributed by atoms with van der Waals surface area (Å²) in [6.45, 7) is 1.74. The number of rotatable bonds is 3. The quantitative estimate of drug-likeness (QED) is 0.682. The minimum atomic E-state index is -0.740. The highest BCUT2D eigenvalue weighted by Crippen LogP contribution is 2.18. The maximum absolute atomic E-state index is 14.1. The summed E-state index contributed by atoms with van der Waals surface area (Å²) >= 11 is 0. The smallest absolute Gasteiger partial charge is 0.334 e. The first-order valence-electron chi connectivity index (χ1n) is 6.22. The first-order valence-corrected chi connectivity index (χ1v) is 6.22. The van der Waals surface area contributed by atoms with Crippen LogP contribution < -0.4 is 11.2 Å². The third kappa shape index (κ3) is 3.25. The van der Waals surface area contributed by atoms with E-state index in [0.717, 1.165) is 16.2 Å². The standard InChI is InChI=1S/C14H15FN4O2/c1-9-4-5-11(10(15)6-9)19-12(16-8-18(2)3)7-13(20)17-14(19)21/h4-8H,1-3H3,(H,17,20,21). The SMILES string of the molecule is Cc1ccc(-n2c(N=CN(C)C)cc(=O)[nH]c2=O)c(F)c1. The number of aryl methyl sites for hydroxylation is 1. The molecule has 1 heterocycles. The lowest BCUT2D eigenvalue weighted by Crippen LogP contribution is -2.28. The molecule has 2 rings (SSSR count). The Morgan fingerprint density at radius 3 is 2.62 bits per heavy atom. The van der Waals surface area contributed by atoms with E-state index in [9.17, 15) is 14.0 Å². The number of aromatic amines is 1. The maximum Gasteiger partial charge on any atom is 0.334 e. The second-order valence-corrected chi connectivity index (χ2v) is 4.80. The van der Waals surface area contributed by atoms with Gasteiger partial charge in [0.2, 0.25) is 0 Å². The highest BCUT2D eigenvalue weighted by atomic mass is 19.1. The third-order valence-electron chi connectivity index (χ3n) is 2.69. The van der Waals surface area contributed by atoms with Crippen LogP contribution in [0.25, 0.3) is 5.69 Å². The van der Waals surface area contributed by atoms with Gasteiger partial charge in [-0.1, -0.05) is 6.07 Å². The monoisotopic (exact) mass is 290 g/mol. The van der Waals surface area contributed by atoms with E-state index in [4.69, 9.17) is 0 Å². The molecule has 2 aromatic rings. The van der Waals surface area contributed by atoms with Crippen LogP contribution in [0.1, 0.15) is 5.56 Å². The number of H-pyrrole nitrogens is 1. The summed E-state index contributed by atoms with van der Waals surface area (Å²) in [4.78, 5) is 31.2. The summed E-state index contributed by atoms with van der Waals surface area (Å²) < 4.78 is 15.1. The summed E-state index contributed by atoms with van der Waals surface area (Å²) in [6, 6.07) is 5.60. The minimum Gasteiger partial charge on any atom is -0.369 e. The van der Waals surface area contributed by atoms with Gasteiger partial charge in [-0.3, -0.25) is 9.78 Å². The zero-order chi connectivity index (χ0) is 15.6. The molecule has 0 saturated carbocycles. The van der Waals surface area contributed by atoms with Gasteiger partial charge < -0.3 is 4.90 Å². The predicted octanol–water partition coefficient (Wildman–Crippen LogP) is 1.19. The summed E-state index contributed by atoms with van der Waals surface area (Å²) in [7, 11) is 3.48. The number of aliphatic imine (C=N–C) groups is 1. The molecule has 0 fully saturated rings. The molecule has 0 radical (unpaired) electrons. The van der Waals surface area contributed by atoms with E-state index in [2.05, 4.69) is 9.98 Å². The number of nitrogens with one attached hydrogen (secondary N) is 1. The molecule has 21 heavy (non-hydrogen) atoms. The van der Waals surface area contributed by atoms with E-state index >= 15 is 0 Å². The van der Waals surface area contributed by atoms with Crippen molar-refractivity contribution >= 4 is 12.2 Å². The van der Waals surface area contributed by atoms with E-state index in [1.54, 1.807) is 32.0 Å². The van der Waals surface area contributed by atoms with Gasteiger partial charge in [-0.25, -0.2) is 18.7 Å². The molecule has 0 aliphatic heterocycles. The molecule has 0 unspecified atom stereocenters. The molecule has 6 nitrogen and oxygen atoms in total. The maximum atomic E-state index is 14.1. The van der Waals surface area contributed by atoms with Gasteiger partial charge in [0, 0.05) is 20.2 Å². The van der Waals surface area contributed by atoms with Gasteiger partial charge in [0.05, 0.1) is 12.0 Å². The van der Waals surface area contributed by atoms with Crippen molar-refractivity contribution in [2.75, 3.05) is 14.1 Å². The van der Waals surface area contributed by atoms with Crippen LogP contribution in [0, 0.1) is 12.7 Å². The van der Waals surface area contributed by atoms with Crippen LogP contribution in [0.15, 0.2) is 38.8 Å². The van der Waals surface area contributed by atoms with Crippen molar-refractivity contribution in [3.63, 3.8) is 0 Å². The lowest BCUT2D eigenvalue weighted by molar-refractivity contribution is 0.613. The molecular weight excluding hydrogens is 275 g/mol. The molecule has 0 atom stereocenters. The molecule has 0 saturated heterocycles. The van der Waals surface area contributed by atoms with Crippen LogP contribution in [-0.2, 0) is 0 Å². The molecule has 0 amide bonds. The molecular formula is C14H15FN4O2. The van der Waals surface area contributed by atoms with Crippen molar-refractivity contribution in [1.82, 2.24) is 14.5 Å². The van der Waals surface area contributed by atoms with Crippen molar-refractivity contribution in [3.05, 3.63) is 56.5 Å². The van der Waals surface area contributed by atoms with Crippen LogP contribution in [0.3, 0.4) is 0 Å². The van der Waals surface area contributed by atoms with Crippen molar-refractivity contribution in [1.29, 1.82) is 0 Å². The fourth-order valence-electron chi connectivity index (χ4n) is 1.78. The lowest BCUT2D eigenvalue weighted by atomic mass is 10.2. The van der Waals surface area contributed by atoms with Crippen LogP contribution >= 0.6 is 0 Å². The Labute approximate surface area is 120 Å². The fourth-order valence-corrected chi connectivity index (χ4v) is 1.78. The minimum absolute atomic E-state index is 0.0350. The van der Waals surface area contributed by atoms with E-state index in [-0.39, 0.29) is 11.5 Å². The molecule has 1 aromatic carbocycles. The van der Waals surface area contributed by atoms with Gasteiger partial charge >= 0.3 is 5.69 Å². The molecule has 0 aliphatic rings. The Morgan fingerprint density at radius 2 is 2.00 bits per heavy atom. The normalized spacial score (nSPS) is 11.0. The molecule has 0 spiro atoms. The second-order valence-electron chi connectivity index (χ2n) is 4.80. The Kier molecular flexibility index (Phi) is 4.02. The Bertz CT molecular complexity index is 805. The van der Waals surface area contributed by atoms with Gasteiger partial charge in [0.15, 0.2) is 0 Å². The Balaban J connectivity index is 2.72. The largest absolute Gasteiger partial charge is 0.369 e. The second kappa shape index (κ2) is 5.74. The fraction of sp³-hybridized carbons (Fsp3) is 0.214. The first kappa shape index (κ1) is 14.7. The molecule has 1 aromatic heterocycles. The Morgan fingerprint density at radius 1 is 1.29 bits per heavy atom. The zero-order valence-corrected chi connectivity index (χ0v) is 11.9. The molecule has 7 heteroatoms. The zero-order valence-electron chi connectivity index (χ0n) is 11.9. The average Bonchev–Trinajstić information content (AvgIpc) is 2.37. The van der Waals surface area contributed by atoms with Gasteiger partial charge in [-0.15, -0.1) is 0 Å². The molecule has 110 valence electrons. The van der Waals surface area contributed by atoms with E-state index in [1.165, 1.54) is 18.5 Å². The van der Waals surface area contributed by atoms with E-state index in [1.807, 2.05) is 0 Å². The van der Waals surface area contributed by atoms with Crippen LogP contribution in [0.5, 0.6) is 0 Å². The molecule has 0 aliphatic carbocycles. The molecule has 1 N–H and O–H groups in total. The number of benzene rings is 1. The predicted molar refractivity (Wildman–Crippen MR) is 79.2 cm³/mol.